The lowest BCUT2D eigenvalue weighted by molar-refractivity contribution is 0.0698. The summed E-state index contributed by atoms with van der Waals surface area (Å²) in [6.07, 6.45) is 3.32. The summed E-state index contributed by atoms with van der Waals surface area (Å²) < 4.78 is 0.778. The summed E-state index contributed by atoms with van der Waals surface area (Å²) in [4.78, 5) is 12.8. The highest BCUT2D eigenvalue weighted by Gasteiger charge is 2.22. The Hall–Kier alpha value is -1.33. The van der Waals surface area contributed by atoms with Crippen molar-refractivity contribution in [2.45, 2.75) is 25.3 Å². The normalized spacial score (nSPS) is 17.6. The van der Waals surface area contributed by atoms with E-state index in [1.807, 2.05) is 12.1 Å². The third-order valence-corrected chi connectivity index (χ3v) is 5.08. The van der Waals surface area contributed by atoms with Crippen LogP contribution in [0.1, 0.15) is 39.7 Å². The fourth-order valence-electron chi connectivity index (χ4n) is 2.64. The van der Waals surface area contributed by atoms with E-state index in [-0.39, 0.29) is 6.04 Å². The summed E-state index contributed by atoms with van der Waals surface area (Å²) in [5, 5.41) is 14.8. The third kappa shape index (κ3) is 2.60. The summed E-state index contributed by atoms with van der Waals surface area (Å²) in [7, 11) is 0. The van der Waals surface area contributed by atoms with Crippen molar-refractivity contribution in [2.75, 3.05) is 5.32 Å². The lowest BCUT2D eigenvalue weighted by atomic mass is 9.93. The first-order valence-electron chi connectivity index (χ1n) is 6.51. The Morgan fingerprint density at radius 2 is 2.25 bits per heavy atom. The fraction of sp³-hybridized carbons (Fsp3) is 0.267. The number of carboxylic acids is 1. The van der Waals surface area contributed by atoms with Gasteiger partial charge in [0.15, 0.2) is 0 Å². The number of benzene rings is 1. The van der Waals surface area contributed by atoms with E-state index < -0.39 is 5.97 Å². The predicted molar refractivity (Wildman–Crippen MR) is 84.7 cm³/mol. The van der Waals surface area contributed by atoms with Gasteiger partial charge in [0.2, 0.25) is 0 Å². The monoisotopic (exact) mass is 351 g/mol. The SMILES string of the molecule is O=C(O)c1cc(Br)ccc1NC1CCCc2sccc21. The molecule has 2 N–H and O–H groups in total. The lowest BCUT2D eigenvalue weighted by Crippen LogP contribution is -2.17. The molecule has 1 heterocycles. The summed E-state index contributed by atoms with van der Waals surface area (Å²) >= 11 is 5.11. The van der Waals surface area contributed by atoms with Crippen LogP contribution in [0.25, 0.3) is 0 Å². The predicted octanol–water partition coefficient (Wildman–Crippen LogP) is 4.70. The average molecular weight is 352 g/mol. The number of thiophene rings is 1. The van der Waals surface area contributed by atoms with Gasteiger partial charge in [-0.25, -0.2) is 4.79 Å². The quantitative estimate of drug-likeness (QED) is 0.842. The van der Waals surface area contributed by atoms with Crippen LogP contribution in [0.15, 0.2) is 34.1 Å². The van der Waals surface area contributed by atoms with Crippen LogP contribution in [0.4, 0.5) is 5.69 Å². The number of fused-ring (bicyclic) bond motifs is 1. The number of carbonyl (C=O) groups is 1. The van der Waals surface area contributed by atoms with Crippen molar-refractivity contribution in [3.63, 3.8) is 0 Å². The van der Waals surface area contributed by atoms with Crippen molar-refractivity contribution in [1.29, 1.82) is 0 Å². The highest BCUT2D eigenvalue weighted by Crippen LogP contribution is 2.36. The van der Waals surface area contributed by atoms with Crippen LogP contribution in [-0.4, -0.2) is 11.1 Å². The van der Waals surface area contributed by atoms with Crippen LogP contribution in [-0.2, 0) is 6.42 Å². The van der Waals surface area contributed by atoms with E-state index in [1.54, 1.807) is 17.4 Å². The van der Waals surface area contributed by atoms with Crippen molar-refractivity contribution in [1.82, 2.24) is 0 Å². The van der Waals surface area contributed by atoms with Crippen LogP contribution in [0.5, 0.6) is 0 Å². The van der Waals surface area contributed by atoms with Crippen molar-refractivity contribution in [2.24, 2.45) is 0 Å². The molecule has 0 amide bonds. The molecule has 104 valence electrons. The molecule has 0 spiro atoms. The minimum atomic E-state index is -0.907. The number of aromatic carboxylic acids is 1. The van der Waals surface area contributed by atoms with E-state index in [0.29, 0.717) is 11.3 Å². The fourth-order valence-corrected chi connectivity index (χ4v) is 3.99. The number of hydrogen-bond acceptors (Lipinski definition) is 3. The number of anilines is 1. The highest BCUT2D eigenvalue weighted by molar-refractivity contribution is 9.10. The molecule has 1 unspecified atom stereocenters. The molecule has 0 bridgehead atoms. The standard InChI is InChI=1S/C15H14BrNO2S/c16-9-4-5-13(11(8-9)15(18)19)17-12-2-1-3-14-10(12)6-7-20-14/h4-8,12,17H,1-3H2,(H,18,19). The van der Waals surface area contributed by atoms with Gasteiger partial charge in [-0.15, -0.1) is 11.3 Å². The molecular weight excluding hydrogens is 338 g/mol. The average Bonchev–Trinajstić information content (AvgIpc) is 2.90. The topological polar surface area (TPSA) is 49.3 Å². The second-order valence-electron chi connectivity index (χ2n) is 4.88. The molecule has 0 fully saturated rings. The van der Waals surface area contributed by atoms with E-state index in [2.05, 4.69) is 32.7 Å². The number of nitrogens with one attached hydrogen (secondary N) is 1. The third-order valence-electron chi connectivity index (χ3n) is 3.59. The minimum absolute atomic E-state index is 0.212. The second kappa shape index (κ2) is 5.58. The number of rotatable bonds is 3. The van der Waals surface area contributed by atoms with E-state index in [0.717, 1.165) is 23.7 Å². The molecule has 20 heavy (non-hydrogen) atoms. The minimum Gasteiger partial charge on any atom is -0.478 e. The maximum atomic E-state index is 11.4. The zero-order chi connectivity index (χ0) is 14.1. The van der Waals surface area contributed by atoms with Crippen molar-refractivity contribution >= 4 is 38.9 Å². The molecule has 0 saturated heterocycles. The lowest BCUT2D eigenvalue weighted by Gasteiger charge is -2.25. The molecule has 1 atom stereocenters. The molecule has 0 saturated carbocycles. The summed E-state index contributed by atoms with van der Waals surface area (Å²) in [5.41, 5.74) is 2.31. The number of hydrogen-bond donors (Lipinski definition) is 2. The van der Waals surface area contributed by atoms with Gasteiger partial charge in [0, 0.05) is 15.0 Å². The first-order chi connectivity index (χ1) is 9.65. The largest absolute Gasteiger partial charge is 0.478 e. The van der Waals surface area contributed by atoms with Crippen LogP contribution >= 0.6 is 27.3 Å². The zero-order valence-electron chi connectivity index (χ0n) is 10.7. The van der Waals surface area contributed by atoms with Crippen molar-refractivity contribution in [3.05, 3.63) is 50.1 Å². The molecule has 1 aliphatic rings. The highest BCUT2D eigenvalue weighted by atomic mass is 79.9. The van der Waals surface area contributed by atoms with Gasteiger partial charge in [0.05, 0.1) is 11.6 Å². The second-order valence-corrected chi connectivity index (χ2v) is 6.80. The molecule has 3 rings (SSSR count). The van der Waals surface area contributed by atoms with Crippen LogP contribution in [0.3, 0.4) is 0 Å². The Morgan fingerprint density at radius 1 is 1.40 bits per heavy atom. The molecule has 1 aromatic carbocycles. The Kier molecular flexibility index (Phi) is 3.81. The van der Waals surface area contributed by atoms with Crippen molar-refractivity contribution < 1.29 is 9.90 Å². The first kappa shape index (κ1) is 13.6. The molecule has 0 aliphatic heterocycles. The van der Waals surface area contributed by atoms with Gasteiger partial charge in [-0.2, -0.15) is 0 Å². The van der Waals surface area contributed by atoms with Crippen LogP contribution < -0.4 is 5.32 Å². The Balaban J connectivity index is 1.92. The Bertz CT molecular complexity index is 653. The van der Waals surface area contributed by atoms with E-state index in [4.69, 9.17) is 0 Å². The maximum absolute atomic E-state index is 11.4. The molecule has 1 aliphatic carbocycles. The van der Waals surface area contributed by atoms with Gasteiger partial charge in [-0.1, -0.05) is 15.9 Å². The summed E-state index contributed by atoms with van der Waals surface area (Å²) in [5.74, 6) is -0.907. The molecule has 1 aromatic heterocycles. The molecule has 3 nitrogen and oxygen atoms in total. The first-order valence-corrected chi connectivity index (χ1v) is 8.18. The van der Waals surface area contributed by atoms with E-state index >= 15 is 0 Å². The smallest absolute Gasteiger partial charge is 0.337 e. The van der Waals surface area contributed by atoms with Gasteiger partial charge < -0.3 is 10.4 Å². The zero-order valence-corrected chi connectivity index (χ0v) is 13.1. The van der Waals surface area contributed by atoms with Gasteiger partial charge in [0.1, 0.15) is 0 Å². The molecule has 2 aromatic rings. The summed E-state index contributed by atoms with van der Waals surface area (Å²) in [6, 6.07) is 7.70. The molecule has 0 radical (unpaired) electrons. The van der Waals surface area contributed by atoms with Gasteiger partial charge in [-0.05, 0) is 54.5 Å². The van der Waals surface area contributed by atoms with E-state index in [9.17, 15) is 9.90 Å². The maximum Gasteiger partial charge on any atom is 0.337 e. The van der Waals surface area contributed by atoms with Crippen LogP contribution in [0.2, 0.25) is 0 Å². The molecular formula is C15H14BrNO2S. The van der Waals surface area contributed by atoms with Gasteiger partial charge in [0.25, 0.3) is 0 Å². The Morgan fingerprint density at radius 3 is 3.05 bits per heavy atom. The van der Waals surface area contributed by atoms with Crippen molar-refractivity contribution in [3.8, 4) is 0 Å². The van der Waals surface area contributed by atoms with Gasteiger partial charge >= 0.3 is 5.97 Å². The van der Waals surface area contributed by atoms with Gasteiger partial charge in [-0.3, -0.25) is 0 Å². The number of aryl methyl sites for hydroxylation is 1. The number of halogens is 1. The molecule has 5 heteroatoms. The van der Waals surface area contributed by atoms with E-state index in [1.165, 1.54) is 10.4 Å². The summed E-state index contributed by atoms with van der Waals surface area (Å²) in [6.45, 7) is 0. The van der Waals surface area contributed by atoms with Crippen LogP contribution in [0, 0.1) is 0 Å². The Labute approximate surface area is 129 Å². The number of carboxylic acid groups (broad SMARTS) is 1.